The molecule has 0 unspecified atom stereocenters. The summed E-state index contributed by atoms with van der Waals surface area (Å²) in [5.74, 6) is 0.209. The molecule has 16 heavy (non-hydrogen) atoms. The van der Waals surface area contributed by atoms with Crippen molar-refractivity contribution in [2.24, 2.45) is 4.99 Å². The van der Waals surface area contributed by atoms with E-state index in [9.17, 15) is 5.11 Å². The molecule has 0 aliphatic rings. The Kier molecular flexibility index (Phi) is 3.17. The molecule has 2 aromatic carbocycles. The fraction of sp³-hybridized carbons (Fsp3) is 0.154. The Labute approximate surface area is 93.7 Å². The first-order chi connectivity index (χ1) is 7.81. The van der Waals surface area contributed by atoms with Gasteiger partial charge in [0.05, 0.1) is 13.2 Å². The maximum Gasteiger partial charge on any atom is 0.124 e. The molecular weight excluding hydrogens is 202 g/mol. The first kappa shape index (κ1) is 10.6. The number of fused-ring (bicyclic) bond motifs is 1. The van der Waals surface area contributed by atoms with Gasteiger partial charge in [0, 0.05) is 11.8 Å². The molecule has 2 N–H and O–H groups in total. The third-order valence-corrected chi connectivity index (χ3v) is 2.35. The molecule has 0 spiro atoms. The van der Waals surface area contributed by atoms with Crippen LogP contribution in [0.15, 0.2) is 41.4 Å². The molecule has 0 fully saturated rings. The number of hydrogen-bond donors (Lipinski definition) is 2. The number of nitrogens with zero attached hydrogens (tertiary/aromatic N) is 1. The topological polar surface area (TPSA) is 52.8 Å². The number of rotatable bonds is 3. The zero-order valence-electron chi connectivity index (χ0n) is 8.80. The Bertz CT molecular complexity index is 520. The molecular formula is C13H13NO2. The van der Waals surface area contributed by atoms with Crippen LogP contribution >= 0.6 is 0 Å². The van der Waals surface area contributed by atoms with Crippen molar-refractivity contribution in [2.45, 2.75) is 0 Å². The van der Waals surface area contributed by atoms with Gasteiger partial charge in [0.2, 0.25) is 0 Å². The lowest BCUT2D eigenvalue weighted by molar-refractivity contribution is 0.307. The standard InChI is InChI=1S/C13H13NO2/c15-6-5-14-9-12-7-10-3-1-2-4-11(10)8-13(12)16/h1-4,7-9,15-16H,5-6H2. The summed E-state index contributed by atoms with van der Waals surface area (Å²) in [6.07, 6.45) is 1.58. The van der Waals surface area contributed by atoms with Gasteiger partial charge in [-0.15, -0.1) is 0 Å². The molecule has 2 aromatic rings. The molecule has 0 saturated carbocycles. The monoisotopic (exact) mass is 215 g/mol. The molecule has 0 radical (unpaired) electrons. The van der Waals surface area contributed by atoms with Crippen molar-refractivity contribution in [2.75, 3.05) is 13.2 Å². The predicted octanol–water partition coefficient (Wildman–Crippen LogP) is 1.96. The number of phenolic OH excluding ortho intramolecular Hbond substituents is 1. The lowest BCUT2D eigenvalue weighted by atomic mass is 10.1. The number of aliphatic hydroxyl groups excluding tert-OH is 1. The molecule has 3 heteroatoms. The first-order valence-corrected chi connectivity index (χ1v) is 5.13. The average Bonchev–Trinajstić information content (AvgIpc) is 2.30. The van der Waals surface area contributed by atoms with Gasteiger partial charge in [-0.3, -0.25) is 4.99 Å². The number of benzene rings is 2. The summed E-state index contributed by atoms with van der Waals surface area (Å²) in [6.45, 7) is 0.372. The maximum absolute atomic E-state index is 9.75. The third kappa shape index (κ3) is 2.20. The highest BCUT2D eigenvalue weighted by atomic mass is 16.3. The second kappa shape index (κ2) is 4.77. The van der Waals surface area contributed by atoms with E-state index in [0.717, 1.165) is 10.8 Å². The van der Waals surface area contributed by atoms with E-state index in [-0.39, 0.29) is 12.4 Å². The van der Waals surface area contributed by atoms with Crippen LogP contribution in [0.5, 0.6) is 5.75 Å². The highest BCUT2D eigenvalue weighted by Gasteiger charge is 2.00. The van der Waals surface area contributed by atoms with E-state index in [4.69, 9.17) is 5.11 Å². The van der Waals surface area contributed by atoms with Crippen molar-refractivity contribution in [1.82, 2.24) is 0 Å². The summed E-state index contributed by atoms with van der Waals surface area (Å²) in [4.78, 5) is 3.99. The molecule has 0 bridgehead atoms. The maximum atomic E-state index is 9.75. The molecule has 0 atom stereocenters. The highest BCUT2D eigenvalue weighted by Crippen LogP contribution is 2.23. The van der Waals surface area contributed by atoms with E-state index in [0.29, 0.717) is 12.1 Å². The van der Waals surface area contributed by atoms with Crippen LogP contribution in [0.2, 0.25) is 0 Å². The Morgan fingerprint density at radius 1 is 1.12 bits per heavy atom. The minimum absolute atomic E-state index is 0.0187. The minimum atomic E-state index is 0.0187. The number of aromatic hydroxyl groups is 1. The predicted molar refractivity (Wildman–Crippen MR) is 65.2 cm³/mol. The van der Waals surface area contributed by atoms with Crippen molar-refractivity contribution < 1.29 is 10.2 Å². The summed E-state index contributed by atoms with van der Waals surface area (Å²) in [5.41, 5.74) is 0.673. The normalized spacial score (nSPS) is 11.3. The third-order valence-electron chi connectivity index (χ3n) is 2.35. The molecule has 2 rings (SSSR count). The summed E-state index contributed by atoms with van der Waals surface area (Å²) in [7, 11) is 0. The summed E-state index contributed by atoms with van der Waals surface area (Å²) < 4.78 is 0. The van der Waals surface area contributed by atoms with E-state index >= 15 is 0 Å². The SMILES string of the molecule is OCCN=Cc1cc2ccccc2cc1O. The van der Waals surface area contributed by atoms with E-state index in [1.807, 2.05) is 30.3 Å². The molecule has 82 valence electrons. The zero-order valence-corrected chi connectivity index (χ0v) is 8.80. The fourth-order valence-electron chi connectivity index (χ4n) is 1.57. The molecule has 3 nitrogen and oxygen atoms in total. The van der Waals surface area contributed by atoms with Crippen LogP contribution in [0.25, 0.3) is 10.8 Å². The number of aliphatic imine (C=N–C) groups is 1. The smallest absolute Gasteiger partial charge is 0.124 e. The summed E-state index contributed by atoms with van der Waals surface area (Å²) in [5, 5.41) is 20.4. The lowest BCUT2D eigenvalue weighted by Gasteiger charge is -2.02. The van der Waals surface area contributed by atoms with Crippen molar-refractivity contribution in [3.63, 3.8) is 0 Å². The van der Waals surface area contributed by atoms with Gasteiger partial charge in [0.25, 0.3) is 0 Å². The van der Waals surface area contributed by atoms with Crippen molar-refractivity contribution in [1.29, 1.82) is 0 Å². The van der Waals surface area contributed by atoms with E-state index in [1.54, 1.807) is 12.3 Å². The largest absolute Gasteiger partial charge is 0.507 e. The molecule has 0 aromatic heterocycles. The van der Waals surface area contributed by atoms with Crippen molar-refractivity contribution in [3.05, 3.63) is 42.0 Å². The van der Waals surface area contributed by atoms with Gasteiger partial charge in [-0.1, -0.05) is 24.3 Å². The number of hydrogen-bond acceptors (Lipinski definition) is 3. The Morgan fingerprint density at radius 2 is 1.81 bits per heavy atom. The Morgan fingerprint density at radius 3 is 2.50 bits per heavy atom. The van der Waals surface area contributed by atoms with E-state index in [1.165, 1.54) is 0 Å². The van der Waals surface area contributed by atoms with E-state index < -0.39 is 0 Å². The van der Waals surface area contributed by atoms with Crippen LogP contribution in [-0.4, -0.2) is 29.6 Å². The number of phenols is 1. The summed E-state index contributed by atoms with van der Waals surface area (Å²) >= 11 is 0. The van der Waals surface area contributed by atoms with Gasteiger partial charge in [-0.05, 0) is 22.9 Å². The van der Waals surface area contributed by atoms with Crippen LogP contribution in [0, 0.1) is 0 Å². The fourth-order valence-corrected chi connectivity index (χ4v) is 1.57. The van der Waals surface area contributed by atoms with Crippen LogP contribution in [0.1, 0.15) is 5.56 Å². The molecule has 0 aliphatic carbocycles. The van der Waals surface area contributed by atoms with Gasteiger partial charge < -0.3 is 10.2 Å². The Hall–Kier alpha value is -1.87. The van der Waals surface area contributed by atoms with Crippen LogP contribution in [0.4, 0.5) is 0 Å². The van der Waals surface area contributed by atoms with Crippen LogP contribution in [-0.2, 0) is 0 Å². The average molecular weight is 215 g/mol. The molecule has 0 aliphatic heterocycles. The van der Waals surface area contributed by atoms with Gasteiger partial charge in [-0.2, -0.15) is 0 Å². The van der Waals surface area contributed by atoms with E-state index in [2.05, 4.69) is 4.99 Å². The quantitative estimate of drug-likeness (QED) is 0.769. The second-order valence-electron chi connectivity index (χ2n) is 3.52. The molecule has 0 saturated heterocycles. The lowest BCUT2D eigenvalue weighted by Crippen LogP contribution is -1.90. The molecule has 0 amide bonds. The van der Waals surface area contributed by atoms with Crippen molar-refractivity contribution >= 4 is 17.0 Å². The van der Waals surface area contributed by atoms with Gasteiger partial charge in [-0.25, -0.2) is 0 Å². The number of aliphatic hydroxyl groups is 1. The second-order valence-corrected chi connectivity index (χ2v) is 3.52. The van der Waals surface area contributed by atoms with Crippen LogP contribution < -0.4 is 0 Å². The summed E-state index contributed by atoms with van der Waals surface area (Å²) in [6, 6.07) is 11.4. The minimum Gasteiger partial charge on any atom is -0.507 e. The van der Waals surface area contributed by atoms with Gasteiger partial charge in [0.15, 0.2) is 0 Å². The van der Waals surface area contributed by atoms with Gasteiger partial charge >= 0.3 is 0 Å². The zero-order chi connectivity index (χ0) is 11.4. The van der Waals surface area contributed by atoms with Crippen LogP contribution in [0.3, 0.4) is 0 Å². The first-order valence-electron chi connectivity index (χ1n) is 5.13. The Balaban J connectivity index is 2.42. The van der Waals surface area contributed by atoms with Gasteiger partial charge in [0.1, 0.15) is 5.75 Å². The molecule has 0 heterocycles. The highest BCUT2D eigenvalue weighted by molar-refractivity contribution is 5.93. The van der Waals surface area contributed by atoms with Crippen molar-refractivity contribution in [3.8, 4) is 5.75 Å².